The molecule has 2 nitrogen and oxygen atoms in total. The zero-order chi connectivity index (χ0) is 11.5. The highest BCUT2D eigenvalue weighted by molar-refractivity contribution is 5.21. The lowest BCUT2D eigenvalue weighted by Gasteiger charge is -2.14. The molecule has 2 heteroatoms. The quantitative estimate of drug-likeness (QED) is 0.842. The molecule has 0 amide bonds. The Kier molecular flexibility index (Phi) is 3.59. The van der Waals surface area contributed by atoms with E-state index in [1.165, 1.54) is 17.0 Å². The minimum atomic E-state index is 0.763. The summed E-state index contributed by atoms with van der Waals surface area (Å²) in [4.78, 5) is 4.72. The molecule has 2 rings (SSSR count). The Labute approximate surface area is 98.5 Å². The average molecular weight is 218 g/mol. The van der Waals surface area contributed by atoms with Gasteiger partial charge in [0.1, 0.15) is 0 Å². The molecule has 1 saturated heterocycles. The van der Waals surface area contributed by atoms with Gasteiger partial charge in [0.25, 0.3) is 0 Å². The van der Waals surface area contributed by atoms with E-state index in [0.29, 0.717) is 0 Å². The Morgan fingerprint density at radius 2 is 2.06 bits per heavy atom. The van der Waals surface area contributed by atoms with Crippen molar-refractivity contribution in [3.63, 3.8) is 0 Å². The van der Waals surface area contributed by atoms with Crippen LogP contribution >= 0.6 is 0 Å². The Morgan fingerprint density at radius 1 is 1.31 bits per heavy atom. The number of nitrogens with one attached hydrogen (secondary N) is 1. The van der Waals surface area contributed by atoms with Gasteiger partial charge in [0.05, 0.1) is 0 Å². The van der Waals surface area contributed by atoms with Crippen molar-refractivity contribution in [3.05, 3.63) is 29.1 Å². The van der Waals surface area contributed by atoms with E-state index in [4.69, 9.17) is 4.98 Å². The first kappa shape index (κ1) is 11.6. The molecule has 16 heavy (non-hydrogen) atoms. The zero-order valence-electron chi connectivity index (χ0n) is 10.6. The van der Waals surface area contributed by atoms with E-state index in [2.05, 4.69) is 38.2 Å². The van der Waals surface area contributed by atoms with Crippen molar-refractivity contribution in [1.82, 2.24) is 10.3 Å². The molecule has 0 aromatic carbocycles. The van der Waals surface area contributed by atoms with Gasteiger partial charge in [-0.1, -0.05) is 13.8 Å². The molecule has 1 N–H and O–H groups in total. The Hall–Kier alpha value is -0.890. The molecule has 0 bridgehead atoms. The molecule has 0 radical (unpaired) electrons. The first-order valence-electron chi connectivity index (χ1n) is 6.36. The largest absolute Gasteiger partial charge is 0.316 e. The fourth-order valence-electron chi connectivity index (χ4n) is 2.51. The minimum Gasteiger partial charge on any atom is -0.316 e. The summed E-state index contributed by atoms with van der Waals surface area (Å²) in [6.45, 7) is 8.99. The van der Waals surface area contributed by atoms with Gasteiger partial charge in [-0.2, -0.15) is 0 Å². The third-order valence-corrected chi connectivity index (χ3v) is 3.59. The Morgan fingerprint density at radius 3 is 2.69 bits per heavy atom. The first-order chi connectivity index (χ1) is 7.69. The molecule has 1 aliphatic rings. The molecule has 2 heterocycles. The average Bonchev–Trinajstić information content (AvgIpc) is 2.63. The molecule has 0 saturated carbocycles. The van der Waals surface area contributed by atoms with Crippen molar-refractivity contribution in [2.45, 2.75) is 33.6 Å². The van der Waals surface area contributed by atoms with Crippen LogP contribution < -0.4 is 5.32 Å². The molecule has 1 aromatic rings. The predicted molar refractivity (Wildman–Crippen MR) is 67.6 cm³/mol. The lowest BCUT2D eigenvalue weighted by Crippen LogP contribution is -2.14. The zero-order valence-corrected chi connectivity index (χ0v) is 10.6. The van der Waals surface area contributed by atoms with E-state index in [1.807, 2.05) is 0 Å². The van der Waals surface area contributed by atoms with E-state index in [9.17, 15) is 0 Å². The number of nitrogens with zero attached hydrogens (tertiary/aromatic N) is 1. The van der Waals surface area contributed by atoms with Crippen molar-refractivity contribution in [2.24, 2.45) is 11.8 Å². The van der Waals surface area contributed by atoms with Crippen LogP contribution in [0.5, 0.6) is 0 Å². The normalized spacial score (nSPS) is 24.9. The SMILES string of the molecule is CCc1cc(C)cc(CC2CNCC2C)n1. The molecule has 2 atom stereocenters. The van der Waals surface area contributed by atoms with Crippen LogP contribution in [0, 0.1) is 18.8 Å². The number of aromatic nitrogens is 1. The highest BCUT2D eigenvalue weighted by Gasteiger charge is 2.23. The Bertz CT molecular complexity index is 360. The smallest absolute Gasteiger partial charge is 0.0412 e. The van der Waals surface area contributed by atoms with Gasteiger partial charge in [-0.25, -0.2) is 0 Å². The van der Waals surface area contributed by atoms with Crippen LogP contribution in [0.2, 0.25) is 0 Å². The van der Waals surface area contributed by atoms with Gasteiger partial charge < -0.3 is 5.32 Å². The first-order valence-corrected chi connectivity index (χ1v) is 6.36. The summed E-state index contributed by atoms with van der Waals surface area (Å²) in [6.07, 6.45) is 2.16. The van der Waals surface area contributed by atoms with E-state index < -0.39 is 0 Å². The van der Waals surface area contributed by atoms with Crippen molar-refractivity contribution in [1.29, 1.82) is 0 Å². The Balaban J connectivity index is 2.11. The van der Waals surface area contributed by atoms with Crippen molar-refractivity contribution in [3.8, 4) is 0 Å². The highest BCUT2D eigenvalue weighted by Crippen LogP contribution is 2.20. The number of pyridine rings is 1. The van der Waals surface area contributed by atoms with Crippen LogP contribution in [0.3, 0.4) is 0 Å². The van der Waals surface area contributed by atoms with Crippen LogP contribution in [0.4, 0.5) is 0 Å². The molecule has 1 aromatic heterocycles. The van der Waals surface area contributed by atoms with Gasteiger partial charge in [0.2, 0.25) is 0 Å². The van der Waals surface area contributed by atoms with Crippen LogP contribution in [-0.2, 0) is 12.8 Å². The van der Waals surface area contributed by atoms with Crippen LogP contribution in [0.1, 0.15) is 30.8 Å². The highest BCUT2D eigenvalue weighted by atomic mass is 14.9. The third kappa shape index (κ3) is 2.62. The predicted octanol–water partition coefficient (Wildman–Crippen LogP) is 2.35. The van der Waals surface area contributed by atoms with Crippen molar-refractivity contribution < 1.29 is 0 Å². The molecular formula is C14H22N2. The molecule has 2 unspecified atom stereocenters. The van der Waals surface area contributed by atoms with Gasteiger partial charge in [-0.3, -0.25) is 4.98 Å². The monoisotopic (exact) mass is 218 g/mol. The number of hydrogen-bond acceptors (Lipinski definition) is 2. The van der Waals surface area contributed by atoms with Crippen molar-refractivity contribution in [2.75, 3.05) is 13.1 Å². The lowest BCUT2D eigenvalue weighted by atomic mass is 9.92. The maximum absolute atomic E-state index is 4.72. The molecule has 88 valence electrons. The van der Waals surface area contributed by atoms with E-state index in [-0.39, 0.29) is 0 Å². The summed E-state index contributed by atoms with van der Waals surface area (Å²) in [5, 5.41) is 3.46. The molecule has 0 spiro atoms. The van der Waals surface area contributed by atoms with Gasteiger partial charge in [0, 0.05) is 11.4 Å². The van der Waals surface area contributed by atoms with E-state index in [0.717, 1.165) is 37.8 Å². The fourth-order valence-corrected chi connectivity index (χ4v) is 2.51. The fraction of sp³-hybridized carbons (Fsp3) is 0.643. The topological polar surface area (TPSA) is 24.9 Å². The van der Waals surface area contributed by atoms with E-state index >= 15 is 0 Å². The van der Waals surface area contributed by atoms with Gasteiger partial charge in [-0.05, 0) is 62.4 Å². The maximum Gasteiger partial charge on any atom is 0.0412 e. The maximum atomic E-state index is 4.72. The number of hydrogen-bond donors (Lipinski definition) is 1. The summed E-state index contributed by atoms with van der Waals surface area (Å²) < 4.78 is 0. The molecular weight excluding hydrogens is 196 g/mol. The second kappa shape index (κ2) is 4.96. The summed E-state index contributed by atoms with van der Waals surface area (Å²) in [6, 6.07) is 4.43. The second-order valence-electron chi connectivity index (χ2n) is 5.08. The van der Waals surface area contributed by atoms with E-state index in [1.54, 1.807) is 0 Å². The van der Waals surface area contributed by atoms with Crippen molar-refractivity contribution >= 4 is 0 Å². The minimum absolute atomic E-state index is 0.763. The molecule has 1 aliphatic heterocycles. The van der Waals surface area contributed by atoms with Crippen LogP contribution in [-0.4, -0.2) is 18.1 Å². The second-order valence-corrected chi connectivity index (χ2v) is 5.08. The van der Waals surface area contributed by atoms with Crippen LogP contribution in [0.25, 0.3) is 0 Å². The van der Waals surface area contributed by atoms with Crippen LogP contribution in [0.15, 0.2) is 12.1 Å². The van der Waals surface area contributed by atoms with Gasteiger partial charge in [-0.15, -0.1) is 0 Å². The summed E-state index contributed by atoms with van der Waals surface area (Å²) in [7, 11) is 0. The molecule has 1 fully saturated rings. The van der Waals surface area contributed by atoms with Gasteiger partial charge in [0.15, 0.2) is 0 Å². The van der Waals surface area contributed by atoms with Gasteiger partial charge >= 0.3 is 0 Å². The summed E-state index contributed by atoms with van der Waals surface area (Å²) in [5.41, 5.74) is 3.85. The number of aryl methyl sites for hydroxylation is 2. The third-order valence-electron chi connectivity index (χ3n) is 3.59. The molecule has 0 aliphatic carbocycles. The summed E-state index contributed by atoms with van der Waals surface area (Å²) >= 11 is 0. The summed E-state index contributed by atoms with van der Waals surface area (Å²) in [5.74, 6) is 1.55. The standard InChI is InChI=1S/C14H22N2/c1-4-13-5-10(2)6-14(16-13)7-12-9-15-8-11(12)3/h5-6,11-12,15H,4,7-9H2,1-3H3. The number of rotatable bonds is 3. The lowest BCUT2D eigenvalue weighted by molar-refractivity contribution is 0.446.